The van der Waals surface area contributed by atoms with Crippen LogP contribution in [0.2, 0.25) is 0 Å². The van der Waals surface area contributed by atoms with E-state index in [0.29, 0.717) is 17.5 Å². The summed E-state index contributed by atoms with van der Waals surface area (Å²) < 4.78 is 6.65. The summed E-state index contributed by atoms with van der Waals surface area (Å²) in [6.45, 7) is 0. The molecule has 0 fully saturated rings. The lowest BCUT2D eigenvalue weighted by Gasteiger charge is -1.98. The second-order valence-corrected chi connectivity index (χ2v) is 5.99. The summed E-state index contributed by atoms with van der Waals surface area (Å²) in [5, 5.41) is 8.19. The first-order valence-electron chi connectivity index (χ1n) is 6.08. The molecule has 0 aliphatic heterocycles. The quantitative estimate of drug-likeness (QED) is 0.636. The van der Waals surface area contributed by atoms with E-state index in [1.807, 2.05) is 42.5 Å². The van der Waals surface area contributed by atoms with Crippen molar-refractivity contribution < 1.29 is 4.42 Å². The molecule has 0 saturated carbocycles. The lowest BCUT2D eigenvalue weighted by Crippen LogP contribution is -1.80. The second-order valence-electron chi connectivity index (χ2n) is 4.08. The summed E-state index contributed by atoms with van der Waals surface area (Å²) in [4.78, 5) is 1.19. The molecule has 1 heterocycles. The van der Waals surface area contributed by atoms with Crippen molar-refractivity contribution in [2.45, 2.75) is 10.6 Å². The van der Waals surface area contributed by atoms with Crippen molar-refractivity contribution in [2.24, 2.45) is 0 Å². The van der Waals surface area contributed by atoms with Gasteiger partial charge in [0.15, 0.2) is 0 Å². The Morgan fingerprint density at radius 1 is 0.950 bits per heavy atom. The molecule has 0 atom stereocenters. The Kier molecular flexibility index (Phi) is 4.18. The van der Waals surface area contributed by atoms with Gasteiger partial charge in [0.25, 0.3) is 0 Å². The first-order valence-corrected chi connectivity index (χ1v) is 7.86. The van der Waals surface area contributed by atoms with E-state index in [4.69, 9.17) is 4.42 Å². The number of hydrogen-bond donors (Lipinski definition) is 0. The summed E-state index contributed by atoms with van der Waals surface area (Å²) >= 11 is 5.16. The molecule has 0 spiro atoms. The predicted octanol–water partition coefficient (Wildman–Crippen LogP) is 4.79. The van der Waals surface area contributed by atoms with E-state index in [-0.39, 0.29) is 0 Å². The van der Waals surface area contributed by atoms with Crippen molar-refractivity contribution in [3.05, 3.63) is 65.0 Å². The van der Waals surface area contributed by atoms with Gasteiger partial charge in [0, 0.05) is 9.37 Å². The third-order valence-electron chi connectivity index (χ3n) is 2.68. The van der Waals surface area contributed by atoms with Crippen LogP contribution in [0.5, 0.6) is 0 Å². The first-order chi connectivity index (χ1) is 9.83. The molecule has 3 aromatic rings. The molecule has 0 radical (unpaired) electrons. The Bertz CT molecular complexity index is 700. The third kappa shape index (κ3) is 3.11. The molecule has 3 rings (SSSR count). The molecule has 5 heteroatoms. The smallest absolute Gasteiger partial charge is 0.248 e. The summed E-state index contributed by atoms with van der Waals surface area (Å²) in [5.41, 5.74) is 0.913. The molecule has 0 unspecified atom stereocenters. The van der Waals surface area contributed by atoms with Crippen LogP contribution < -0.4 is 0 Å². The van der Waals surface area contributed by atoms with Crippen LogP contribution in [-0.2, 0) is 5.75 Å². The van der Waals surface area contributed by atoms with Gasteiger partial charge in [0.1, 0.15) is 0 Å². The highest BCUT2D eigenvalue weighted by molar-refractivity contribution is 9.10. The van der Waals surface area contributed by atoms with E-state index in [2.05, 4.69) is 38.3 Å². The fraction of sp³-hybridized carbons (Fsp3) is 0.0667. The minimum atomic E-state index is 0.543. The van der Waals surface area contributed by atoms with Crippen LogP contribution in [0.4, 0.5) is 0 Å². The number of halogens is 1. The first kappa shape index (κ1) is 13.4. The number of benzene rings is 2. The number of hydrogen-bond acceptors (Lipinski definition) is 4. The molecule has 0 amide bonds. The fourth-order valence-electron chi connectivity index (χ4n) is 1.72. The van der Waals surface area contributed by atoms with Gasteiger partial charge in [-0.3, -0.25) is 0 Å². The summed E-state index contributed by atoms with van der Waals surface area (Å²) in [5.74, 6) is 1.84. The summed E-state index contributed by atoms with van der Waals surface area (Å²) in [7, 11) is 0. The van der Waals surface area contributed by atoms with Crippen molar-refractivity contribution in [3.8, 4) is 11.5 Å². The number of aromatic nitrogens is 2. The van der Waals surface area contributed by atoms with Crippen LogP contribution in [0.15, 0.2) is 68.4 Å². The van der Waals surface area contributed by atoms with Crippen molar-refractivity contribution in [1.29, 1.82) is 0 Å². The highest BCUT2D eigenvalue weighted by atomic mass is 79.9. The predicted molar refractivity (Wildman–Crippen MR) is 83.4 cm³/mol. The number of nitrogens with zero attached hydrogens (tertiary/aromatic N) is 2. The second kappa shape index (κ2) is 6.24. The molecule has 1 aromatic heterocycles. The highest BCUT2D eigenvalue weighted by Gasteiger charge is 2.11. The Balaban J connectivity index is 1.73. The van der Waals surface area contributed by atoms with Crippen LogP contribution in [-0.4, -0.2) is 10.2 Å². The molecular formula is C15H11BrN2OS. The van der Waals surface area contributed by atoms with Gasteiger partial charge in [0.2, 0.25) is 11.8 Å². The van der Waals surface area contributed by atoms with Gasteiger partial charge in [-0.15, -0.1) is 22.0 Å². The van der Waals surface area contributed by atoms with Crippen LogP contribution >= 0.6 is 27.7 Å². The zero-order valence-corrected chi connectivity index (χ0v) is 12.9. The van der Waals surface area contributed by atoms with Gasteiger partial charge in [-0.2, -0.15) is 0 Å². The Morgan fingerprint density at radius 2 is 1.70 bits per heavy atom. The minimum Gasteiger partial charge on any atom is -0.420 e. The molecule has 0 aliphatic rings. The molecule has 0 saturated heterocycles. The maximum absolute atomic E-state index is 5.70. The van der Waals surface area contributed by atoms with Gasteiger partial charge in [-0.05, 0) is 40.2 Å². The SMILES string of the molecule is Brc1ccccc1-c1nnc(CSc2ccccc2)o1. The zero-order valence-electron chi connectivity index (χ0n) is 10.5. The Hall–Kier alpha value is -1.59. The fourth-order valence-corrected chi connectivity index (χ4v) is 2.93. The Morgan fingerprint density at radius 3 is 2.50 bits per heavy atom. The molecule has 0 aliphatic carbocycles. The van der Waals surface area contributed by atoms with E-state index in [9.17, 15) is 0 Å². The average Bonchev–Trinajstić information content (AvgIpc) is 2.95. The largest absolute Gasteiger partial charge is 0.420 e. The Labute approximate surface area is 129 Å². The maximum atomic E-state index is 5.70. The number of rotatable bonds is 4. The van der Waals surface area contributed by atoms with Gasteiger partial charge in [-0.1, -0.05) is 30.3 Å². The van der Waals surface area contributed by atoms with Crippen LogP contribution in [0.25, 0.3) is 11.5 Å². The van der Waals surface area contributed by atoms with E-state index < -0.39 is 0 Å². The molecule has 100 valence electrons. The van der Waals surface area contributed by atoms with Crippen LogP contribution in [0.1, 0.15) is 5.89 Å². The third-order valence-corrected chi connectivity index (χ3v) is 4.36. The minimum absolute atomic E-state index is 0.543. The lowest BCUT2D eigenvalue weighted by molar-refractivity contribution is 0.528. The van der Waals surface area contributed by atoms with E-state index in [1.165, 1.54) is 4.90 Å². The van der Waals surface area contributed by atoms with Crippen molar-refractivity contribution in [2.75, 3.05) is 0 Å². The molecule has 0 bridgehead atoms. The molecule has 0 N–H and O–H groups in total. The molecule has 2 aromatic carbocycles. The van der Waals surface area contributed by atoms with Crippen molar-refractivity contribution in [3.63, 3.8) is 0 Å². The molecule has 20 heavy (non-hydrogen) atoms. The standard InChI is InChI=1S/C15H11BrN2OS/c16-13-9-5-4-8-12(13)15-18-17-14(19-15)10-20-11-6-2-1-3-7-11/h1-9H,10H2. The van der Waals surface area contributed by atoms with E-state index in [1.54, 1.807) is 11.8 Å². The number of thioether (sulfide) groups is 1. The van der Waals surface area contributed by atoms with Crippen molar-refractivity contribution in [1.82, 2.24) is 10.2 Å². The summed E-state index contributed by atoms with van der Waals surface area (Å²) in [6, 6.07) is 18.0. The average molecular weight is 347 g/mol. The monoisotopic (exact) mass is 346 g/mol. The summed E-state index contributed by atoms with van der Waals surface area (Å²) in [6.07, 6.45) is 0. The normalized spacial score (nSPS) is 10.7. The molecule has 3 nitrogen and oxygen atoms in total. The topological polar surface area (TPSA) is 38.9 Å². The van der Waals surface area contributed by atoms with Gasteiger partial charge in [-0.25, -0.2) is 0 Å². The van der Waals surface area contributed by atoms with Gasteiger partial charge in [0.05, 0.1) is 11.3 Å². The van der Waals surface area contributed by atoms with Gasteiger partial charge >= 0.3 is 0 Å². The molecular weight excluding hydrogens is 336 g/mol. The highest BCUT2D eigenvalue weighted by Crippen LogP contribution is 2.28. The maximum Gasteiger partial charge on any atom is 0.248 e. The lowest BCUT2D eigenvalue weighted by atomic mass is 10.2. The van der Waals surface area contributed by atoms with E-state index in [0.717, 1.165) is 10.0 Å². The van der Waals surface area contributed by atoms with Crippen molar-refractivity contribution >= 4 is 27.7 Å². The van der Waals surface area contributed by atoms with Gasteiger partial charge < -0.3 is 4.42 Å². The zero-order chi connectivity index (χ0) is 13.8. The van der Waals surface area contributed by atoms with E-state index >= 15 is 0 Å². The van der Waals surface area contributed by atoms with Crippen LogP contribution in [0.3, 0.4) is 0 Å². The van der Waals surface area contributed by atoms with Crippen LogP contribution in [0, 0.1) is 0 Å².